The lowest BCUT2D eigenvalue weighted by Crippen LogP contribution is -2.30. The van der Waals surface area contributed by atoms with Crippen LogP contribution >= 0.6 is 0 Å². The molecule has 0 aromatic heterocycles. The van der Waals surface area contributed by atoms with E-state index in [9.17, 15) is 19.7 Å². The number of hydrogen-bond acceptors (Lipinski definition) is 7. The van der Waals surface area contributed by atoms with Crippen LogP contribution in [0.4, 0.5) is 11.4 Å². The molecule has 154 valence electrons. The standard InChI is InChI=1S/C20H22N2O7/c1-5-28-18-9-7-14(11-16(18)22(25)26)20(24)29-13(3)19(23)21-15-10-12(2)6-8-17(15)27-4/h6-11,13H,5H2,1-4H3,(H,21,23)/t13-/m0/s1. The Balaban J connectivity index is 2.12. The highest BCUT2D eigenvalue weighted by Crippen LogP contribution is 2.29. The van der Waals surface area contributed by atoms with Crippen molar-refractivity contribution in [1.82, 2.24) is 0 Å². The van der Waals surface area contributed by atoms with Gasteiger partial charge in [-0.25, -0.2) is 4.79 Å². The lowest BCUT2D eigenvalue weighted by molar-refractivity contribution is -0.385. The molecule has 9 nitrogen and oxygen atoms in total. The number of nitro benzene ring substituents is 1. The summed E-state index contributed by atoms with van der Waals surface area (Å²) < 4.78 is 15.5. The topological polar surface area (TPSA) is 117 Å². The number of nitrogens with zero attached hydrogens (tertiary/aromatic N) is 1. The highest BCUT2D eigenvalue weighted by molar-refractivity contribution is 5.98. The van der Waals surface area contributed by atoms with Crippen LogP contribution in [0.5, 0.6) is 11.5 Å². The lowest BCUT2D eigenvalue weighted by atomic mass is 10.2. The largest absolute Gasteiger partial charge is 0.495 e. The quantitative estimate of drug-likeness (QED) is 0.408. The molecule has 2 rings (SSSR count). The molecular formula is C20H22N2O7. The summed E-state index contributed by atoms with van der Waals surface area (Å²) in [6.45, 7) is 5.19. The van der Waals surface area contributed by atoms with E-state index in [0.29, 0.717) is 11.4 Å². The van der Waals surface area contributed by atoms with Crippen LogP contribution in [-0.2, 0) is 9.53 Å². The van der Waals surface area contributed by atoms with Gasteiger partial charge in [0.2, 0.25) is 0 Å². The summed E-state index contributed by atoms with van der Waals surface area (Å²) in [5.74, 6) is -0.923. The molecule has 0 saturated carbocycles. The van der Waals surface area contributed by atoms with Gasteiger partial charge in [0.1, 0.15) is 5.75 Å². The summed E-state index contributed by atoms with van der Waals surface area (Å²) in [6.07, 6.45) is -1.14. The number of nitrogens with one attached hydrogen (secondary N) is 1. The Labute approximate surface area is 167 Å². The van der Waals surface area contributed by atoms with Crippen LogP contribution in [0.25, 0.3) is 0 Å². The predicted octanol–water partition coefficient (Wildman–Crippen LogP) is 3.49. The van der Waals surface area contributed by atoms with E-state index in [2.05, 4.69) is 5.32 Å². The van der Waals surface area contributed by atoms with Gasteiger partial charge in [-0.2, -0.15) is 0 Å². The van der Waals surface area contributed by atoms with Gasteiger partial charge in [0, 0.05) is 6.07 Å². The van der Waals surface area contributed by atoms with Gasteiger partial charge in [0.05, 0.1) is 29.9 Å². The summed E-state index contributed by atoms with van der Waals surface area (Å²) in [5, 5.41) is 13.8. The van der Waals surface area contributed by atoms with Crippen molar-refractivity contribution < 1.29 is 28.7 Å². The number of carbonyl (C=O) groups is 2. The Morgan fingerprint density at radius 3 is 2.48 bits per heavy atom. The molecule has 1 amide bonds. The molecule has 1 atom stereocenters. The van der Waals surface area contributed by atoms with Gasteiger partial charge >= 0.3 is 11.7 Å². The maximum absolute atomic E-state index is 12.4. The van der Waals surface area contributed by atoms with E-state index in [4.69, 9.17) is 14.2 Å². The van der Waals surface area contributed by atoms with Crippen molar-refractivity contribution in [3.63, 3.8) is 0 Å². The summed E-state index contributed by atoms with van der Waals surface area (Å²) in [4.78, 5) is 35.3. The van der Waals surface area contributed by atoms with Crippen LogP contribution in [-0.4, -0.2) is 36.6 Å². The molecule has 0 radical (unpaired) electrons. The molecule has 0 fully saturated rings. The molecule has 9 heteroatoms. The second kappa shape index (κ2) is 9.54. The maximum Gasteiger partial charge on any atom is 0.339 e. The van der Waals surface area contributed by atoms with Crippen LogP contribution in [0.3, 0.4) is 0 Å². The van der Waals surface area contributed by atoms with E-state index >= 15 is 0 Å². The first-order valence-electron chi connectivity index (χ1n) is 8.84. The lowest BCUT2D eigenvalue weighted by Gasteiger charge is -2.16. The molecular weight excluding hydrogens is 380 g/mol. The van der Waals surface area contributed by atoms with Crippen molar-refractivity contribution >= 4 is 23.3 Å². The highest BCUT2D eigenvalue weighted by Gasteiger charge is 2.23. The van der Waals surface area contributed by atoms with Crippen molar-refractivity contribution in [2.24, 2.45) is 0 Å². The third-order valence-electron chi connectivity index (χ3n) is 3.96. The van der Waals surface area contributed by atoms with E-state index in [0.717, 1.165) is 11.6 Å². The van der Waals surface area contributed by atoms with Gasteiger partial charge in [0.15, 0.2) is 11.9 Å². The molecule has 2 aromatic carbocycles. The van der Waals surface area contributed by atoms with Gasteiger partial charge < -0.3 is 19.5 Å². The van der Waals surface area contributed by atoms with E-state index in [1.165, 1.54) is 26.2 Å². The number of methoxy groups -OCH3 is 1. The molecule has 2 aromatic rings. The Bertz CT molecular complexity index is 927. The first kappa shape index (κ1) is 21.7. The number of amides is 1. The molecule has 29 heavy (non-hydrogen) atoms. The van der Waals surface area contributed by atoms with Gasteiger partial charge in [-0.1, -0.05) is 6.07 Å². The minimum atomic E-state index is -1.14. The zero-order valence-corrected chi connectivity index (χ0v) is 16.6. The molecule has 0 spiro atoms. The second-order valence-corrected chi connectivity index (χ2v) is 6.11. The number of nitro groups is 1. The van der Waals surface area contributed by atoms with Gasteiger partial charge in [-0.3, -0.25) is 14.9 Å². The monoisotopic (exact) mass is 402 g/mol. The third-order valence-corrected chi connectivity index (χ3v) is 3.96. The Morgan fingerprint density at radius 2 is 1.86 bits per heavy atom. The zero-order chi connectivity index (χ0) is 21.6. The molecule has 0 aliphatic carbocycles. The summed E-state index contributed by atoms with van der Waals surface area (Å²) >= 11 is 0. The van der Waals surface area contributed by atoms with Crippen LogP contribution < -0.4 is 14.8 Å². The number of anilines is 1. The summed E-state index contributed by atoms with van der Waals surface area (Å²) in [7, 11) is 1.47. The van der Waals surface area contributed by atoms with Crippen molar-refractivity contribution in [3.05, 3.63) is 57.6 Å². The van der Waals surface area contributed by atoms with Crippen molar-refractivity contribution in [2.75, 3.05) is 19.0 Å². The Kier molecular flexibility index (Phi) is 7.13. The summed E-state index contributed by atoms with van der Waals surface area (Å²) in [6, 6.07) is 8.98. The van der Waals surface area contributed by atoms with Crippen molar-refractivity contribution in [2.45, 2.75) is 26.9 Å². The number of carbonyl (C=O) groups excluding carboxylic acids is 2. The molecule has 0 saturated heterocycles. The first-order chi connectivity index (χ1) is 13.8. The van der Waals surface area contributed by atoms with Crippen LogP contribution in [0, 0.1) is 17.0 Å². The predicted molar refractivity (Wildman–Crippen MR) is 106 cm³/mol. The molecule has 0 heterocycles. The smallest absolute Gasteiger partial charge is 0.339 e. The Morgan fingerprint density at radius 1 is 1.17 bits per heavy atom. The first-order valence-corrected chi connectivity index (χ1v) is 8.84. The zero-order valence-electron chi connectivity index (χ0n) is 16.6. The minimum Gasteiger partial charge on any atom is -0.495 e. The maximum atomic E-state index is 12.4. The van der Waals surface area contributed by atoms with E-state index in [1.807, 2.05) is 13.0 Å². The van der Waals surface area contributed by atoms with Crippen LogP contribution in [0.2, 0.25) is 0 Å². The third kappa shape index (κ3) is 5.44. The molecule has 0 bridgehead atoms. The minimum absolute atomic E-state index is 0.0476. The van der Waals surface area contributed by atoms with Gasteiger partial charge in [-0.15, -0.1) is 0 Å². The van der Waals surface area contributed by atoms with Crippen LogP contribution in [0.1, 0.15) is 29.8 Å². The average Bonchev–Trinajstić information content (AvgIpc) is 2.68. The SMILES string of the molecule is CCOc1ccc(C(=O)O[C@@H](C)C(=O)Nc2cc(C)ccc2OC)cc1[N+](=O)[O-]. The number of hydrogen-bond donors (Lipinski definition) is 1. The van der Waals surface area contributed by atoms with E-state index in [1.54, 1.807) is 19.1 Å². The molecule has 0 unspecified atom stereocenters. The fourth-order valence-electron chi connectivity index (χ4n) is 2.50. The fourth-order valence-corrected chi connectivity index (χ4v) is 2.50. The van der Waals surface area contributed by atoms with Crippen molar-refractivity contribution in [3.8, 4) is 11.5 Å². The number of esters is 1. The number of benzene rings is 2. The number of aryl methyl sites for hydroxylation is 1. The number of ether oxygens (including phenoxy) is 3. The molecule has 0 aliphatic heterocycles. The van der Waals surface area contributed by atoms with E-state index in [-0.39, 0.29) is 23.6 Å². The summed E-state index contributed by atoms with van der Waals surface area (Å²) in [5.41, 5.74) is 0.931. The van der Waals surface area contributed by atoms with Gasteiger partial charge in [0.25, 0.3) is 5.91 Å². The normalized spacial score (nSPS) is 11.3. The molecule has 1 N–H and O–H groups in total. The average molecular weight is 402 g/mol. The van der Waals surface area contributed by atoms with Crippen molar-refractivity contribution in [1.29, 1.82) is 0 Å². The number of rotatable bonds is 8. The second-order valence-electron chi connectivity index (χ2n) is 6.11. The van der Waals surface area contributed by atoms with Crippen LogP contribution in [0.15, 0.2) is 36.4 Å². The highest BCUT2D eigenvalue weighted by atomic mass is 16.6. The Hall–Kier alpha value is -3.62. The molecule has 0 aliphatic rings. The van der Waals surface area contributed by atoms with E-state index < -0.39 is 22.9 Å². The van der Waals surface area contributed by atoms with Gasteiger partial charge in [-0.05, 0) is 50.6 Å². The fraction of sp³-hybridized carbons (Fsp3) is 0.300.